The summed E-state index contributed by atoms with van der Waals surface area (Å²) in [6.45, 7) is 0. The molecule has 3 nitrogen and oxygen atoms in total. The molecule has 0 radical (unpaired) electrons. The smallest absolute Gasteiger partial charge is 0.153 e. The summed E-state index contributed by atoms with van der Waals surface area (Å²) in [6.07, 6.45) is 0.630. The van der Waals surface area contributed by atoms with Crippen molar-refractivity contribution in [3.05, 3.63) is 57.8 Å². The van der Waals surface area contributed by atoms with Gasteiger partial charge in [-0.15, -0.1) is 0 Å². The van der Waals surface area contributed by atoms with Crippen LogP contribution in [0.2, 0.25) is 0 Å². The summed E-state index contributed by atoms with van der Waals surface area (Å²) in [4.78, 5) is 11.0. The van der Waals surface area contributed by atoms with E-state index in [4.69, 9.17) is 10.00 Å². The molecule has 0 unspecified atom stereocenters. The summed E-state index contributed by atoms with van der Waals surface area (Å²) in [6, 6.07) is 10.7. The van der Waals surface area contributed by atoms with Crippen LogP contribution in [0.25, 0.3) is 0 Å². The van der Waals surface area contributed by atoms with Crippen LogP contribution in [0.15, 0.2) is 40.9 Å². The predicted molar refractivity (Wildman–Crippen MR) is 70.7 cm³/mol. The highest BCUT2D eigenvalue weighted by atomic mass is 79.9. The molecule has 0 aliphatic rings. The Kier molecular flexibility index (Phi) is 3.93. The normalized spacial score (nSPS) is 9.74. The molecule has 0 aliphatic heterocycles. The third-order valence-corrected chi connectivity index (χ3v) is 2.90. The average Bonchev–Trinajstić information content (AvgIpc) is 2.41. The van der Waals surface area contributed by atoms with Gasteiger partial charge in [0, 0.05) is 4.47 Å². The number of hydrogen-bond acceptors (Lipinski definition) is 3. The molecule has 0 N–H and O–H groups in total. The molecule has 0 atom stereocenters. The van der Waals surface area contributed by atoms with E-state index in [1.54, 1.807) is 24.3 Å². The van der Waals surface area contributed by atoms with Crippen molar-refractivity contribution in [2.45, 2.75) is 0 Å². The summed E-state index contributed by atoms with van der Waals surface area (Å²) < 4.78 is 19.6. The van der Waals surface area contributed by atoms with Crippen LogP contribution in [0.4, 0.5) is 4.39 Å². The second kappa shape index (κ2) is 5.63. The second-order valence-corrected chi connectivity index (χ2v) is 4.54. The van der Waals surface area contributed by atoms with Crippen LogP contribution in [-0.2, 0) is 0 Å². The Bertz CT molecular complexity index is 680. The van der Waals surface area contributed by atoms with Gasteiger partial charge in [0.25, 0.3) is 0 Å². The van der Waals surface area contributed by atoms with E-state index in [0.29, 0.717) is 11.8 Å². The Balaban J connectivity index is 2.45. The predicted octanol–water partition coefficient (Wildman–Crippen LogP) is 4.06. The first-order chi connectivity index (χ1) is 9.15. The standard InChI is InChI=1S/C14H7BrFNO2/c15-10-4-5-13(9(6-10)8-18)19-14-3-1-2-12(16)11(14)7-17/h1-6,8H. The lowest BCUT2D eigenvalue weighted by molar-refractivity contribution is 0.112. The number of ether oxygens (including phenoxy) is 1. The maximum Gasteiger partial charge on any atom is 0.153 e. The van der Waals surface area contributed by atoms with Crippen molar-refractivity contribution in [2.75, 3.05) is 0 Å². The number of benzene rings is 2. The first kappa shape index (κ1) is 13.2. The molecule has 0 spiro atoms. The average molecular weight is 320 g/mol. The Hall–Kier alpha value is -2.19. The number of carbonyl (C=O) groups is 1. The molecule has 0 fully saturated rings. The van der Waals surface area contributed by atoms with Gasteiger partial charge in [-0.25, -0.2) is 4.39 Å². The lowest BCUT2D eigenvalue weighted by Crippen LogP contribution is -1.94. The van der Waals surface area contributed by atoms with Gasteiger partial charge in [-0.1, -0.05) is 22.0 Å². The Labute approximate surface area is 117 Å². The van der Waals surface area contributed by atoms with Crippen LogP contribution < -0.4 is 4.74 Å². The minimum Gasteiger partial charge on any atom is -0.455 e. The largest absolute Gasteiger partial charge is 0.455 e. The molecule has 0 saturated carbocycles. The highest BCUT2D eigenvalue weighted by Gasteiger charge is 2.12. The highest BCUT2D eigenvalue weighted by Crippen LogP contribution is 2.30. The number of nitrogens with zero attached hydrogens (tertiary/aromatic N) is 1. The van der Waals surface area contributed by atoms with E-state index in [1.165, 1.54) is 18.2 Å². The third-order valence-electron chi connectivity index (χ3n) is 2.41. The number of halogens is 2. The van der Waals surface area contributed by atoms with Crippen LogP contribution in [0, 0.1) is 17.1 Å². The molecule has 2 rings (SSSR count). The molecule has 94 valence electrons. The van der Waals surface area contributed by atoms with Gasteiger partial charge >= 0.3 is 0 Å². The van der Waals surface area contributed by atoms with Gasteiger partial charge in [0.1, 0.15) is 28.9 Å². The molecule has 0 saturated heterocycles. The Morgan fingerprint density at radius 3 is 2.74 bits per heavy atom. The SMILES string of the molecule is N#Cc1c(F)cccc1Oc1ccc(Br)cc1C=O. The van der Waals surface area contributed by atoms with Crippen molar-refractivity contribution in [1.29, 1.82) is 5.26 Å². The summed E-state index contributed by atoms with van der Waals surface area (Å²) >= 11 is 3.24. The molecular weight excluding hydrogens is 313 g/mol. The van der Waals surface area contributed by atoms with Crippen molar-refractivity contribution < 1.29 is 13.9 Å². The molecule has 0 aliphatic carbocycles. The number of rotatable bonds is 3. The van der Waals surface area contributed by atoms with Gasteiger partial charge in [0.2, 0.25) is 0 Å². The van der Waals surface area contributed by atoms with Crippen molar-refractivity contribution in [3.63, 3.8) is 0 Å². The van der Waals surface area contributed by atoms with E-state index >= 15 is 0 Å². The van der Waals surface area contributed by atoms with E-state index in [9.17, 15) is 9.18 Å². The fourth-order valence-electron chi connectivity index (χ4n) is 1.52. The van der Waals surface area contributed by atoms with E-state index in [0.717, 1.165) is 4.47 Å². The maximum atomic E-state index is 13.4. The molecule has 0 aromatic heterocycles. The fraction of sp³-hybridized carbons (Fsp3) is 0. The van der Waals surface area contributed by atoms with E-state index in [1.807, 2.05) is 0 Å². The lowest BCUT2D eigenvalue weighted by Gasteiger charge is -2.09. The number of nitriles is 1. The number of carbonyl (C=O) groups excluding carboxylic acids is 1. The highest BCUT2D eigenvalue weighted by molar-refractivity contribution is 9.10. The van der Waals surface area contributed by atoms with Gasteiger partial charge < -0.3 is 4.74 Å². The zero-order valence-corrected chi connectivity index (χ0v) is 11.1. The lowest BCUT2D eigenvalue weighted by atomic mass is 10.2. The van der Waals surface area contributed by atoms with Gasteiger partial charge in [0.15, 0.2) is 6.29 Å². The fourth-order valence-corrected chi connectivity index (χ4v) is 1.90. The van der Waals surface area contributed by atoms with Crippen molar-refractivity contribution in [2.24, 2.45) is 0 Å². The van der Waals surface area contributed by atoms with Crippen LogP contribution >= 0.6 is 15.9 Å². The van der Waals surface area contributed by atoms with Crippen molar-refractivity contribution in [3.8, 4) is 17.6 Å². The van der Waals surface area contributed by atoms with Gasteiger partial charge in [0.05, 0.1) is 5.56 Å². The minimum absolute atomic E-state index is 0.0768. The van der Waals surface area contributed by atoms with E-state index < -0.39 is 5.82 Å². The summed E-state index contributed by atoms with van der Waals surface area (Å²) in [5.74, 6) is -0.321. The molecule has 2 aromatic carbocycles. The van der Waals surface area contributed by atoms with Gasteiger partial charge in [-0.2, -0.15) is 5.26 Å². The zero-order chi connectivity index (χ0) is 13.8. The maximum absolute atomic E-state index is 13.4. The van der Waals surface area contributed by atoms with Gasteiger partial charge in [-0.05, 0) is 30.3 Å². The Morgan fingerprint density at radius 1 is 1.26 bits per heavy atom. The Morgan fingerprint density at radius 2 is 2.05 bits per heavy atom. The van der Waals surface area contributed by atoms with E-state index in [-0.39, 0.29) is 17.1 Å². The molecule has 0 heterocycles. The summed E-state index contributed by atoms with van der Waals surface area (Å²) in [7, 11) is 0. The topological polar surface area (TPSA) is 50.1 Å². The zero-order valence-electron chi connectivity index (χ0n) is 9.56. The van der Waals surface area contributed by atoms with Crippen LogP contribution in [-0.4, -0.2) is 6.29 Å². The summed E-state index contributed by atoms with van der Waals surface area (Å²) in [5.41, 5.74) is 0.116. The van der Waals surface area contributed by atoms with E-state index in [2.05, 4.69) is 15.9 Å². The quantitative estimate of drug-likeness (QED) is 0.801. The summed E-state index contributed by atoms with van der Waals surface area (Å²) in [5, 5.41) is 8.90. The van der Waals surface area contributed by atoms with Crippen LogP contribution in [0.5, 0.6) is 11.5 Å². The first-order valence-corrected chi connectivity index (χ1v) is 6.06. The van der Waals surface area contributed by atoms with Crippen molar-refractivity contribution >= 4 is 22.2 Å². The number of hydrogen-bond donors (Lipinski definition) is 0. The minimum atomic E-state index is -0.662. The molecular formula is C14H7BrFNO2. The van der Waals surface area contributed by atoms with Crippen LogP contribution in [0.3, 0.4) is 0 Å². The molecule has 2 aromatic rings. The molecule has 0 bridgehead atoms. The first-order valence-electron chi connectivity index (χ1n) is 5.27. The monoisotopic (exact) mass is 319 g/mol. The molecule has 5 heteroatoms. The third kappa shape index (κ3) is 2.80. The molecule has 0 amide bonds. The van der Waals surface area contributed by atoms with Crippen LogP contribution in [0.1, 0.15) is 15.9 Å². The van der Waals surface area contributed by atoms with Gasteiger partial charge in [-0.3, -0.25) is 4.79 Å². The molecule has 19 heavy (non-hydrogen) atoms. The number of aldehydes is 1. The second-order valence-electron chi connectivity index (χ2n) is 3.63. The van der Waals surface area contributed by atoms with Crippen molar-refractivity contribution in [1.82, 2.24) is 0 Å².